The predicted molar refractivity (Wildman–Crippen MR) is 108 cm³/mol. The van der Waals surface area contributed by atoms with E-state index in [9.17, 15) is 4.79 Å². The topological polar surface area (TPSA) is 54.9 Å². The van der Waals surface area contributed by atoms with Gasteiger partial charge in [0.2, 0.25) is 0 Å². The number of thioether (sulfide) groups is 1. The highest BCUT2D eigenvalue weighted by Crippen LogP contribution is 2.35. The minimum atomic E-state index is -0.135. The summed E-state index contributed by atoms with van der Waals surface area (Å²) in [6.45, 7) is 4.11. The zero-order chi connectivity index (χ0) is 17.4. The lowest BCUT2D eigenvalue weighted by atomic mass is 10.2. The molecule has 4 nitrogen and oxygen atoms in total. The number of carbonyl (C=O) groups is 1. The number of aryl methyl sites for hydroxylation is 1. The minimum absolute atomic E-state index is 0.135. The molecule has 1 amide bonds. The molecule has 0 aliphatic rings. The molecule has 0 radical (unpaired) electrons. The van der Waals surface area contributed by atoms with E-state index in [1.807, 2.05) is 43.3 Å². The fourth-order valence-corrected chi connectivity index (χ4v) is 5.24. The van der Waals surface area contributed by atoms with Crippen molar-refractivity contribution in [2.45, 2.75) is 18.7 Å². The Hall–Kier alpha value is -1.96. The number of benzene rings is 2. The number of nitrogens with zero attached hydrogens (tertiary/aromatic N) is 2. The summed E-state index contributed by atoms with van der Waals surface area (Å²) in [5.41, 5.74) is 2.52. The van der Waals surface area contributed by atoms with Crippen molar-refractivity contribution in [1.29, 1.82) is 0 Å². The molecule has 0 fully saturated rings. The summed E-state index contributed by atoms with van der Waals surface area (Å²) in [4.78, 5) is 22.7. The third-order valence-corrected chi connectivity index (χ3v) is 6.70. The zero-order valence-corrected chi connectivity index (χ0v) is 16.1. The largest absolute Gasteiger partial charge is 0.298 e. The van der Waals surface area contributed by atoms with E-state index in [4.69, 9.17) is 0 Å². The molecule has 0 spiro atoms. The van der Waals surface area contributed by atoms with Gasteiger partial charge in [-0.05, 0) is 49.1 Å². The molecule has 25 heavy (non-hydrogen) atoms. The lowest BCUT2D eigenvalue weighted by molar-refractivity contribution is 0.102. The molecule has 126 valence electrons. The molecular weight excluding hydrogens is 370 g/mol. The highest BCUT2D eigenvalue weighted by atomic mass is 32.2. The van der Waals surface area contributed by atoms with Gasteiger partial charge in [0.25, 0.3) is 5.91 Å². The zero-order valence-electron chi connectivity index (χ0n) is 13.7. The van der Waals surface area contributed by atoms with Gasteiger partial charge in [0.15, 0.2) is 5.13 Å². The van der Waals surface area contributed by atoms with Crippen molar-refractivity contribution in [3.8, 4) is 0 Å². The van der Waals surface area contributed by atoms with E-state index < -0.39 is 0 Å². The van der Waals surface area contributed by atoms with Crippen LogP contribution < -0.4 is 5.32 Å². The van der Waals surface area contributed by atoms with E-state index in [1.165, 1.54) is 16.2 Å². The summed E-state index contributed by atoms with van der Waals surface area (Å²) in [6.07, 6.45) is 0. The summed E-state index contributed by atoms with van der Waals surface area (Å²) in [5, 5.41) is 4.57. The number of amides is 1. The molecule has 0 bridgehead atoms. The maximum absolute atomic E-state index is 12.5. The number of rotatable bonds is 4. The van der Waals surface area contributed by atoms with Gasteiger partial charge in [-0.15, -0.1) is 23.1 Å². The number of hydrogen-bond acceptors (Lipinski definition) is 6. The van der Waals surface area contributed by atoms with Crippen LogP contribution in [0.2, 0.25) is 0 Å². The fourth-order valence-electron chi connectivity index (χ4n) is 2.58. The Labute approximate surface area is 157 Å². The van der Waals surface area contributed by atoms with Crippen molar-refractivity contribution in [2.75, 3.05) is 11.1 Å². The molecule has 2 heterocycles. The quantitative estimate of drug-likeness (QED) is 0.466. The summed E-state index contributed by atoms with van der Waals surface area (Å²) >= 11 is 4.92. The van der Waals surface area contributed by atoms with E-state index in [0.29, 0.717) is 10.7 Å². The van der Waals surface area contributed by atoms with Gasteiger partial charge < -0.3 is 0 Å². The fraction of sp³-hybridized carbons (Fsp3) is 0.167. The van der Waals surface area contributed by atoms with Crippen LogP contribution in [-0.2, 0) is 0 Å². The van der Waals surface area contributed by atoms with Gasteiger partial charge in [0, 0.05) is 10.5 Å². The van der Waals surface area contributed by atoms with Crippen molar-refractivity contribution in [3.05, 3.63) is 47.0 Å². The van der Waals surface area contributed by atoms with Crippen LogP contribution in [0, 0.1) is 6.92 Å². The summed E-state index contributed by atoms with van der Waals surface area (Å²) in [5.74, 6) is 0.881. The Morgan fingerprint density at radius 1 is 1.04 bits per heavy atom. The highest BCUT2D eigenvalue weighted by Gasteiger charge is 2.13. The van der Waals surface area contributed by atoms with Gasteiger partial charge in [0.05, 0.1) is 25.4 Å². The van der Waals surface area contributed by atoms with Gasteiger partial charge in [-0.2, -0.15) is 0 Å². The van der Waals surface area contributed by atoms with Gasteiger partial charge in [-0.1, -0.05) is 18.3 Å². The van der Waals surface area contributed by atoms with Crippen molar-refractivity contribution < 1.29 is 4.79 Å². The summed E-state index contributed by atoms with van der Waals surface area (Å²) in [6, 6.07) is 11.6. The number of thiazole rings is 2. The lowest BCUT2D eigenvalue weighted by Gasteiger charge is -2.03. The molecule has 0 aliphatic carbocycles. The Morgan fingerprint density at radius 3 is 2.44 bits per heavy atom. The standard InChI is InChI=1S/C18H15N3OS3/c1-3-23-12-6-4-11(5-7-12)17(22)21-18-20-14-9-8-13-15(16(14)25-18)24-10(2)19-13/h4-9H,3H2,1-2H3,(H,20,21,22). The third-order valence-electron chi connectivity index (χ3n) is 3.67. The monoisotopic (exact) mass is 385 g/mol. The number of carbonyl (C=O) groups excluding carboxylic acids is 1. The van der Waals surface area contributed by atoms with Crippen LogP contribution >= 0.6 is 34.4 Å². The van der Waals surface area contributed by atoms with Gasteiger partial charge >= 0.3 is 0 Å². The molecule has 0 unspecified atom stereocenters. The van der Waals surface area contributed by atoms with Crippen LogP contribution in [0.15, 0.2) is 41.3 Å². The predicted octanol–water partition coefficient (Wildman–Crippen LogP) is 5.58. The van der Waals surface area contributed by atoms with Crippen LogP contribution in [0.3, 0.4) is 0 Å². The molecule has 4 rings (SSSR count). The first kappa shape index (κ1) is 16.5. The number of fused-ring (bicyclic) bond motifs is 3. The maximum Gasteiger partial charge on any atom is 0.257 e. The smallest absolute Gasteiger partial charge is 0.257 e. The molecule has 0 atom stereocenters. The average molecular weight is 386 g/mol. The number of aromatic nitrogens is 2. The van der Waals surface area contributed by atoms with E-state index in [0.717, 1.165) is 31.2 Å². The SMILES string of the molecule is CCSc1ccc(C(=O)Nc2nc3ccc4nc(C)sc4c3s2)cc1. The van der Waals surface area contributed by atoms with Gasteiger partial charge in [-0.3, -0.25) is 10.1 Å². The Balaban J connectivity index is 1.61. The average Bonchev–Trinajstić information content (AvgIpc) is 3.17. The maximum atomic E-state index is 12.5. The first-order chi connectivity index (χ1) is 12.1. The molecule has 0 aliphatic heterocycles. The van der Waals surface area contributed by atoms with Crippen molar-refractivity contribution in [2.24, 2.45) is 0 Å². The Kier molecular flexibility index (Phi) is 4.45. The van der Waals surface area contributed by atoms with Gasteiger partial charge in [-0.25, -0.2) is 9.97 Å². The number of anilines is 1. The summed E-state index contributed by atoms with van der Waals surface area (Å²) < 4.78 is 2.21. The first-order valence-electron chi connectivity index (χ1n) is 7.85. The number of nitrogens with one attached hydrogen (secondary N) is 1. The molecule has 0 saturated heterocycles. The second kappa shape index (κ2) is 6.74. The second-order valence-corrected chi connectivity index (χ2v) is 8.97. The van der Waals surface area contributed by atoms with Crippen LogP contribution in [-0.4, -0.2) is 21.6 Å². The molecule has 7 heteroatoms. The van der Waals surface area contributed by atoms with Crippen molar-refractivity contribution >= 4 is 65.9 Å². The molecule has 2 aromatic carbocycles. The Bertz CT molecular complexity index is 1070. The van der Waals surface area contributed by atoms with Crippen molar-refractivity contribution in [1.82, 2.24) is 9.97 Å². The second-order valence-electron chi connectivity index (χ2n) is 5.43. The van der Waals surface area contributed by atoms with E-state index in [2.05, 4.69) is 22.2 Å². The molecular formula is C18H15N3OS3. The van der Waals surface area contributed by atoms with E-state index >= 15 is 0 Å². The van der Waals surface area contributed by atoms with Crippen LogP contribution in [0.5, 0.6) is 0 Å². The third kappa shape index (κ3) is 3.27. The minimum Gasteiger partial charge on any atom is -0.298 e. The lowest BCUT2D eigenvalue weighted by Crippen LogP contribution is -2.11. The summed E-state index contributed by atoms with van der Waals surface area (Å²) in [7, 11) is 0. The first-order valence-corrected chi connectivity index (χ1v) is 10.5. The van der Waals surface area contributed by atoms with Crippen LogP contribution in [0.1, 0.15) is 22.3 Å². The van der Waals surface area contributed by atoms with Crippen molar-refractivity contribution in [3.63, 3.8) is 0 Å². The molecule has 4 aromatic rings. The van der Waals surface area contributed by atoms with Crippen LogP contribution in [0.4, 0.5) is 5.13 Å². The number of hydrogen-bond donors (Lipinski definition) is 1. The molecule has 0 saturated carbocycles. The van der Waals surface area contributed by atoms with E-state index in [-0.39, 0.29) is 5.91 Å². The molecule has 1 N–H and O–H groups in total. The van der Waals surface area contributed by atoms with Crippen LogP contribution in [0.25, 0.3) is 20.4 Å². The van der Waals surface area contributed by atoms with E-state index in [1.54, 1.807) is 23.1 Å². The molecule has 2 aromatic heterocycles. The van der Waals surface area contributed by atoms with Gasteiger partial charge in [0.1, 0.15) is 0 Å². The normalized spacial score (nSPS) is 11.3. The highest BCUT2D eigenvalue weighted by molar-refractivity contribution is 7.99. The Morgan fingerprint density at radius 2 is 1.72 bits per heavy atom.